The highest BCUT2D eigenvalue weighted by atomic mass is 35.5. The van der Waals surface area contributed by atoms with Gasteiger partial charge < -0.3 is 25.2 Å². The fraction of sp³-hybridized carbons (Fsp3) is 0.444. The molecule has 2 fully saturated rings. The van der Waals surface area contributed by atoms with E-state index in [1.54, 1.807) is 24.3 Å². The number of carboxylic acid groups (broad SMARTS) is 1. The molecule has 1 atom stereocenters. The highest BCUT2D eigenvalue weighted by Crippen LogP contribution is 2.40. The highest BCUT2D eigenvalue weighted by Gasteiger charge is 2.50. The number of aliphatic carboxylic acids is 1. The van der Waals surface area contributed by atoms with Gasteiger partial charge >= 0.3 is 12.1 Å². The Kier molecular flexibility index (Phi) is 14.1. The third-order valence-corrected chi connectivity index (χ3v) is 10.8. The van der Waals surface area contributed by atoms with Gasteiger partial charge in [0, 0.05) is 35.3 Å². The molecule has 2 aliphatic rings. The van der Waals surface area contributed by atoms with Crippen molar-refractivity contribution in [2.24, 2.45) is 11.7 Å². The average Bonchev–Trinajstić information content (AvgIpc) is 3.13. The number of sulfonamides is 1. The third-order valence-electron chi connectivity index (χ3n) is 9.06. The lowest BCUT2D eigenvalue weighted by Crippen LogP contribution is -2.58. The van der Waals surface area contributed by atoms with Crippen molar-refractivity contribution >= 4 is 33.5 Å². The van der Waals surface area contributed by atoms with E-state index in [1.807, 2.05) is 0 Å². The van der Waals surface area contributed by atoms with Crippen LogP contribution in [0.1, 0.15) is 50.5 Å². The molecule has 1 amide bonds. The molecule has 290 valence electrons. The molecule has 5 rings (SSSR count). The van der Waals surface area contributed by atoms with Crippen LogP contribution in [0.4, 0.5) is 22.0 Å². The summed E-state index contributed by atoms with van der Waals surface area (Å²) in [5.41, 5.74) is 6.60. The van der Waals surface area contributed by atoms with Crippen molar-refractivity contribution < 1.29 is 54.5 Å². The molecule has 1 saturated heterocycles. The highest BCUT2D eigenvalue weighted by molar-refractivity contribution is 7.89. The zero-order valence-electron chi connectivity index (χ0n) is 28.8. The normalized spacial score (nSPS) is 16.6. The Morgan fingerprint density at radius 2 is 1.53 bits per heavy atom. The fourth-order valence-electron chi connectivity index (χ4n) is 6.02. The molecule has 4 N–H and O–H groups in total. The third kappa shape index (κ3) is 11.3. The van der Waals surface area contributed by atoms with Gasteiger partial charge in [-0.15, -0.1) is 0 Å². The molecule has 3 aromatic carbocycles. The van der Waals surface area contributed by atoms with Gasteiger partial charge in [0.1, 0.15) is 11.5 Å². The van der Waals surface area contributed by atoms with E-state index in [0.29, 0.717) is 47.3 Å². The van der Waals surface area contributed by atoms with Crippen LogP contribution in [0.2, 0.25) is 5.02 Å². The summed E-state index contributed by atoms with van der Waals surface area (Å²) >= 11 is 6.01. The molecule has 1 saturated carbocycles. The number of halogens is 6. The Labute approximate surface area is 309 Å². The largest absolute Gasteiger partial charge is 0.496 e. The molecular formula is C36H41ClF5N3O7S. The van der Waals surface area contributed by atoms with Gasteiger partial charge in [0.2, 0.25) is 15.9 Å². The number of carbonyl (C=O) groups is 2. The Morgan fingerprint density at radius 1 is 0.943 bits per heavy atom. The first-order valence-electron chi connectivity index (χ1n) is 16.8. The molecule has 0 aromatic heterocycles. The number of benzene rings is 3. The maximum Gasteiger partial charge on any atom is 0.490 e. The van der Waals surface area contributed by atoms with Crippen molar-refractivity contribution in [1.29, 1.82) is 0 Å². The minimum Gasteiger partial charge on any atom is -0.496 e. The molecule has 1 aliphatic carbocycles. The molecule has 17 heteroatoms. The van der Waals surface area contributed by atoms with E-state index in [2.05, 4.69) is 4.72 Å². The summed E-state index contributed by atoms with van der Waals surface area (Å²) < 4.78 is 105. The molecule has 3 aromatic rings. The molecule has 0 radical (unpaired) electrons. The predicted octanol–water partition coefficient (Wildman–Crippen LogP) is 7.00. The van der Waals surface area contributed by atoms with Crippen molar-refractivity contribution in [2.45, 2.75) is 74.0 Å². The summed E-state index contributed by atoms with van der Waals surface area (Å²) in [7, 11) is -3.22. The Hall–Kier alpha value is -3.99. The zero-order chi connectivity index (χ0) is 39.0. The molecule has 1 aliphatic heterocycles. The van der Waals surface area contributed by atoms with Crippen LogP contribution in [0, 0.1) is 5.92 Å². The van der Waals surface area contributed by atoms with Crippen LogP contribution in [-0.2, 0) is 25.5 Å². The summed E-state index contributed by atoms with van der Waals surface area (Å²) in [5, 5.41) is 7.64. The molecule has 1 unspecified atom stereocenters. The minimum atomic E-state index is -5.08. The number of amides is 1. The van der Waals surface area contributed by atoms with E-state index < -0.39 is 45.6 Å². The molecule has 0 spiro atoms. The van der Waals surface area contributed by atoms with E-state index in [0.717, 1.165) is 18.9 Å². The number of piperidine rings is 1. The van der Waals surface area contributed by atoms with Crippen LogP contribution in [0.5, 0.6) is 11.5 Å². The summed E-state index contributed by atoms with van der Waals surface area (Å²) in [6.45, 7) is 0.813. The number of hydrogen-bond acceptors (Lipinski definition) is 7. The zero-order valence-corrected chi connectivity index (χ0v) is 30.3. The maximum absolute atomic E-state index is 16.5. The smallest absolute Gasteiger partial charge is 0.490 e. The van der Waals surface area contributed by atoms with Crippen molar-refractivity contribution in [3.8, 4) is 22.6 Å². The van der Waals surface area contributed by atoms with E-state index in [9.17, 15) is 26.4 Å². The summed E-state index contributed by atoms with van der Waals surface area (Å²) in [5.74, 6) is -6.68. The van der Waals surface area contributed by atoms with Gasteiger partial charge in [-0.05, 0) is 79.6 Å². The van der Waals surface area contributed by atoms with Gasteiger partial charge in [-0.3, -0.25) is 4.79 Å². The number of alkyl halides is 5. The number of ether oxygens (including phenoxy) is 2. The number of nitrogens with zero attached hydrogens (tertiary/aromatic N) is 1. The first-order valence-corrected chi connectivity index (χ1v) is 18.7. The first kappa shape index (κ1) is 41.8. The van der Waals surface area contributed by atoms with Gasteiger partial charge in [-0.2, -0.15) is 26.7 Å². The van der Waals surface area contributed by atoms with Crippen LogP contribution in [0.25, 0.3) is 11.1 Å². The predicted molar refractivity (Wildman–Crippen MR) is 187 cm³/mol. The van der Waals surface area contributed by atoms with Gasteiger partial charge in [-0.1, -0.05) is 55.1 Å². The topological polar surface area (TPSA) is 148 Å². The van der Waals surface area contributed by atoms with Gasteiger partial charge in [0.15, 0.2) is 6.04 Å². The lowest BCUT2D eigenvalue weighted by atomic mass is 9.90. The Morgan fingerprint density at radius 3 is 2.08 bits per heavy atom. The molecule has 0 bridgehead atoms. The number of rotatable bonds is 11. The number of carboxylic acids is 1. The number of hydrogen-bond donors (Lipinski definition) is 3. The Bertz CT molecular complexity index is 1800. The van der Waals surface area contributed by atoms with E-state index in [-0.39, 0.29) is 29.8 Å². The molecule has 53 heavy (non-hydrogen) atoms. The maximum atomic E-state index is 16.5. The quantitative estimate of drug-likeness (QED) is 0.176. The number of likely N-dealkylation sites (tertiary alicyclic amines) is 1. The standard InChI is InChI=1S/C34H40ClF2N3O5S.C2HF3O2/c1-44-31-21-25(9-16-30(31)24-7-10-26(35)11-8-24)34(36,37)32(33(41)40-19-17-27(38)18-20-40)39-46(42,43)29-14-12-28(13-15-29)45-22-23-5-3-2-4-6-23;3-2(4,5)1(6)7/h7-16,21,23,27,32,39H,2-6,17-20,22,38H2,1H3;(H,6,7). The number of carbonyl (C=O) groups excluding carboxylic acids is 1. The number of nitrogens with one attached hydrogen (secondary N) is 1. The van der Waals surface area contributed by atoms with Gasteiger partial charge in [-0.25, -0.2) is 13.2 Å². The second kappa shape index (κ2) is 17.9. The monoisotopic (exact) mass is 789 g/mol. The van der Waals surface area contributed by atoms with E-state index >= 15 is 8.78 Å². The van der Waals surface area contributed by atoms with E-state index in [1.165, 1.54) is 67.7 Å². The van der Waals surface area contributed by atoms with E-state index in [4.69, 9.17) is 36.7 Å². The fourth-order valence-corrected chi connectivity index (χ4v) is 7.34. The molecular weight excluding hydrogens is 749 g/mol. The summed E-state index contributed by atoms with van der Waals surface area (Å²) in [6.07, 6.45) is 1.52. The van der Waals surface area contributed by atoms with Crippen molar-refractivity contribution in [3.05, 3.63) is 77.3 Å². The van der Waals surface area contributed by atoms with Crippen molar-refractivity contribution in [3.63, 3.8) is 0 Å². The molecule has 1 heterocycles. The van der Waals surface area contributed by atoms with Crippen molar-refractivity contribution in [1.82, 2.24) is 9.62 Å². The van der Waals surface area contributed by atoms with Gasteiger partial charge in [0.25, 0.3) is 5.92 Å². The summed E-state index contributed by atoms with van der Waals surface area (Å²) in [4.78, 5) is 23.6. The number of methoxy groups -OCH3 is 1. The number of nitrogens with two attached hydrogens (primary N) is 1. The van der Waals surface area contributed by atoms with Gasteiger partial charge in [0.05, 0.1) is 18.6 Å². The van der Waals surface area contributed by atoms with Crippen LogP contribution < -0.4 is 19.9 Å². The second-order valence-corrected chi connectivity index (χ2v) is 15.0. The second-order valence-electron chi connectivity index (χ2n) is 12.9. The van der Waals surface area contributed by atoms with Crippen LogP contribution in [-0.4, -0.2) is 75.4 Å². The SMILES string of the molecule is COc1cc(C(F)(F)C(NS(=O)(=O)c2ccc(OCC3CCCCC3)cc2)C(=O)N2CCC(N)CC2)ccc1-c1ccc(Cl)cc1.O=C(O)C(F)(F)F. The minimum absolute atomic E-state index is 0.126. The lowest BCUT2D eigenvalue weighted by molar-refractivity contribution is -0.192. The van der Waals surface area contributed by atoms with Crippen LogP contribution in [0.15, 0.2) is 71.6 Å². The summed E-state index contributed by atoms with van der Waals surface area (Å²) in [6, 6.07) is 13.5. The average molecular weight is 790 g/mol. The lowest BCUT2D eigenvalue weighted by Gasteiger charge is -2.35. The van der Waals surface area contributed by atoms with Crippen molar-refractivity contribution in [2.75, 3.05) is 26.8 Å². The van der Waals surface area contributed by atoms with Crippen LogP contribution >= 0.6 is 11.6 Å². The van der Waals surface area contributed by atoms with Crippen LogP contribution in [0.3, 0.4) is 0 Å². The first-order chi connectivity index (χ1) is 24.9. The molecule has 10 nitrogen and oxygen atoms in total. The Balaban J connectivity index is 0.000000815.